The molecular weight excluding hydrogens is 542 g/mol. The molecule has 1 saturated heterocycles. The predicted octanol–water partition coefficient (Wildman–Crippen LogP) is 4.85. The van der Waals surface area contributed by atoms with Gasteiger partial charge in [-0.25, -0.2) is 0 Å². The first-order valence-electron chi connectivity index (χ1n) is 14.0. The van der Waals surface area contributed by atoms with E-state index in [0.29, 0.717) is 48.9 Å². The van der Waals surface area contributed by atoms with Crippen LogP contribution in [-0.4, -0.2) is 64.8 Å². The van der Waals surface area contributed by atoms with Crippen molar-refractivity contribution in [2.75, 3.05) is 36.9 Å². The second-order valence-electron chi connectivity index (χ2n) is 10.1. The maximum Gasteiger partial charge on any atom is 0.251 e. The van der Waals surface area contributed by atoms with E-state index in [1.165, 1.54) is 0 Å². The molecule has 10 heteroatoms. The molecule has 0 spiro atoms. The monoisotopic (exact) mass is 583 g/mol. The molecule has 41 heavy (non-hydrogen) atoms. The number of nitrogens with zero attached hydrogens (tertiary/aromatic N) is 1. The molecule has 4 rings (SSSR count). The lowest BCUT2D eigenvalue weighted by Gasteiger charge is -2.47. The average Bonchev–Trinajstić information content (AvgIpc) is 2.97. The van der Waals surface area contributed by atoms with Crippen LogP contribution in [0.3, 0.4) is 0 Å². The summed E-state index contributed by atoms with van der Waals surface area (Å²) in [5.41, 5.74) is 2.85. The highest BCUT2D eigenvalue weighted by atomic mass is 32.3. The van der Waals surface area contributed by atoms with E-state index in [1.807, 2.05) is 61.5 Å². The fourth-order valence-electron chi connectivity index (χ4n) is 4.91. The Labute approximate surface area is 244 Å². The number of carbonyl (C=O) groups excluding carboxylic acids is 1. The maximum absolute atomic E-state index is 13.6. The summed E-state index contributed by atoms with van der Waals surface area (Å²) >= 11 is 0. The quantitative estimate of drug-likeness (QED) is 0.194. The van der Waals surface area contributed by atoms with Gasteiger partial charge >= 0.3 is 0 Å². The number of rotatable bonds is 13. The highest BCUT2D eigenvalue weighted by Gasteiger charge is 2.29. The zero-order chi connectivity index (χ0) is 29.2. The van der Waals surface area contributed by atoms with Crippen molar-refractivity contribution in [2.24, 2.45) is 0 Å². The van der Waals surface area contributed by atoms with Crippen molar-refractivity contribution < 1.29 is 28.5 Å². The van der Waals surface area contributed by atoms with Crippen molar-refractivity contribution in [1.29, 1.82) is 0 Å². The molecule has 0 saturated carbocycles. The van der Waals surface area contributed by atoms with Crippen LogP contribution in [0.1, 0.15) is 41.3 Å². The number of methoxy groups -OCH3 is 1. The molecular formula is C31H41N3O6S. The molecule has 0 bridgehead atoms. The Hall–Kier alpha value is -3.28. The maximum atomic E-state index is 13.6. The third kappa shape index (κ3) is 8.61. The number of amides is 1. The van der Waals surface area contributed by atoms with Crippen molar-refractivity contribution in [3.63, 3.8) is 0 Å². The van der Waals surface area contributed by atoms with Crippen molar-refractivity contribution in [2.45, 2.75) is 44.9 Å². The topological polar surface area (TPSA) is 124 Å². The molecule has 0 aliphatic carbocycles. The molecule has 1 aliphatic rings. The minimum Gasteiger partial charge on any atom is -0.497 e. The minimum absolute atomic E-state index is 0.258. The third-order valence-electron chi connectivity index (χ3n) is 7.03. The van der Waals surface area contributed by atoms with E-state index in [1.54, 1.807) is 29.6 Å². The third-order valence-corrected chi connectivity index (χ3v) is 8.97. The Morgan fingerprint density at radius 2 is 1.78 bits per heavy atom. The Morgan fingerprint density at radius 3 is 2.51 bits per heavy atom. The summed E-state index contributed by atoms with van der Waals surface area (Å²) in [7, 11) is -1.35. The largest absolute Gasteiger partial charge is 0.497 e. The molecule has 9 nitrogen and oxygen atoms in total. The fourth-order valence-corrected chi connectivity index (χ4v) is 6.58. The van der Waals surface area contributed by atoms with E-state index in [2.05, 4.69) is 10.6 Å². The van der Waals surface area contributed by atoms with Crippen LogP contribution in [0.25, 0.3) is 0 Å². The summed E-state index contributed by atoms with van der Waals surface area (Å²) < 4.78 is 34.0. The van der Waals surface area contributed by atoms with Gasteiger partial charge in [0.25, 0.3) is 5.91 Å². The SMILES string of the molecule is CCOc1cc(C(=O)N[C@@H](Cc2ccccc2)[C@H](O)CNCc2cccc(OC)c2)cc(N2CCCCS2(O)O)c1. The Bertz CT molecular complexity index is 1280. The van der Waals surface area contributed by atoms with Crippen molar-refractivity contribution >= 4 is 22.4 Å². The van der Waals surface area contributed by atoms with Gasteiger partial charge in [0.15, 0.2) is 0 Å². The van der Waals surface area contributed by atoms with Gasteiger partial charge in [0, 0.05) is 31.3 Å². The van der Waals surface area contributed by atoms with Gasteiger partial charge in [-0.1, -0.05) is 42.5 Å². The van der Waals surface area contributed by atoms with Crippen LogP contribution in [0.4, 0.5) is 5.69 Å². The summed E-state index contributed by atoms with van der Waals surface area (Å²) in [6.45, 7) is 3.52. The highest BCUT2D eigenvalue weighted by molar-refractivity contribution is 8.25. The van der Waals surface area contributed by atoms with Gasteiger partial charge in [-0.3, -0.25) is 18.2 Å². The van der Waals surface area contributed by atoms with E-state index in [9.17, 15) is 19.0 Å². The molecule has 222 valence electrons. The predicted molar refractivity (Wildman–Crippen MR) is 164 cm³/mol. The fraction of sp³-hybridized carbons (Fsp3) is 0.387. The van der Waals surface area contributed by atoms with Gasteiger partial charge in [0.2, 0.25) is 0 Å². The van der Waals surface area contributed by atoms with E-state index in [4.69, 9.17) is 9.47 Å². The molecule has 3 aromatic carbocycles. The lowest BCUT2D eigenvalue weighted by atomic mass is 10.00. The normalized spacial score (nSPS) is 16.9. The second kappa shape index (κ2) is 14.6. The van der Waals surface area contributed by atoms with Crippen LogP contribution in [0.5, 0.6) is 11.5 Å². The number of benzene rings is 3. The average molecular weight is 584 g/mol. The van der Waals surface area contributed by atoms with Gasteiger partial charge in [-0.05, 0) is 61.6 Å². The highest BCUT2D eigenvalue weighted by Crippen LogP contribution is 2.50. The smallest absolute Gasteiger partial charge is 0.251 e. The van der Waals surface area contributed by atoms with E-state index in [0.717, 1.165) is 29.7 Å². The lowest BCUT2D eigenvalue weighted by Crippen LogP contribution is -2.48. The van der Waals surface area contributed by atoms with Crippen LogP contribution in [0, 0.1) is 0 Å². The Kier molecular flexibility index (Phi) is 10.9. The number of hydrogen-bond donors (Lipinski definition) is 5. The number of ether oxygens (including phenoxy) is 2. The first kappa shape index (κ1) is 30.7. The summed E-state index contributed by atoms with van der Waals surface area (Å²) in [6.07, 6.45) is 1.11. The number of aliphatic hydroxyl groups is 1. The number of anilines is 1. The van der Waals surface area contributed by atoms with Crippen LogP contribution in [0.15, 0.2) is 72.8 Å². The van der Waals surface area contributed by atoms with Gasteiger partial charge in [0.1, 0.15) is 11.5 Å². The van der Waals surface area contributed by atoms with Crippen LogP contribution < -0.4 is 24.4 Å². The number of carbonyl (C=O) groups is 1. The van der Waals surface area contributed by atoms with Gasteiger partial charge < -0.3 is 25.2 Å². The van der Waals surface area contributed by atoms with E-state index in [-0.39, 0.29) is 12.5 Å². The summed E-state index contributed by atoms with van der Waals surface area (Å²) in [5.74, 6) is 1.14. The zero-order valence-electron chi connectivity index (χ0n) is 23.7. The van der Waals surface area contributed by atoms with Gasteiger partial charge in [0.05, 0.1) is 37.3 Å². The molecule has 0 radical (unpaired) electrons. The molecule has 5 N–H and O–H groups in total. The number of nitrogens with one attached hydrogen (secondary N) is 2. The Morgan fingerprint density at radius 1 is 1.00 bits per heavy atom. The van der Waals surface area contributed by atoms with Crippen LogP contribution in [0.2, 0.25) is 0 Å². The molecule has 0 aromatic heterocycles. The Balaban J connectivity index is 1.52. The van der Waals surface area contributed by atoms with Gasteiger partial charge in [-0.2, -0.15) is 0 Å². The first-order valence-corrected chi connectivity index (χ1v) is 15.6. The molecule has 1 aliphatic heterocycles. The van der Waals surface area contributed by atoms with E-state index < -0.39 is 22.9 Å². The van der Waals surface area contributed by atoms with E-state index >= 15 is 0 Å². The standard InChI is InChI=1S/C31H41N3O6S/c1-3-40-28-19-25(18-26(20-28)34-14-7-8-15-41(34,37)38)31(36)33-29(17-23-10-5-4-6-11-23)30(35)22-32-21-24-12-9-13-27(16-24)39-2/h4-6,9-13,16,18-20,29-30,32,35,37-38H,3,7-8,14-15,17,21-22H2,1-2H3,(H,33,36)/t29-,30+/m0/s1. The minimum atomic E-state index is -2.98. The van der Waals surface area contributed by atoms with Crippen LogP contribution in [-0.2, 0) is 13.0 Å². The van der Waals surface area contributed by atoms with Crippen molar-refractivity contribution in [1.82, 2.24) is 10.6 Å². The van der Waals surface area contributed by atoms with Crippen LogP contribution >= 0.6 is 10.8 Å². The second-order valence-corrected chi connectivity index (χ2v) is 12.2. The summed E-state index contributed by atoms with van der Waals surface area (Å²) in [5, 5.41) is 17.5. The molecule has 1 amide bonds. The number of aliphatic hydroxyl groups excluding tert-OH is 1. The molecule has 1 heterocycles. The molecule has 2 atom stereocenters. The summed E-state index contributed by atoms with van der Waals surface area (Å²) in [4.78, 5) is 13.6. The molecule has 0 unspecified atom stereocenters. The zero-order valence-corrected chi connectivity index (χ0v) is 24.5. The van der Waals surface area contributed by atoms with Gasteiger partial charge in [-0.15, -0.1) is 10.8 Å². The molecule has 1 fully saturated rings. The molecule has 3 aromatic rings. The van der Waals surface area contributed by atoms with Crippen molar-refractivity contribution in [3.05, 3.63) is 89.5 Å². The first-order chi connectivity index (χ1) is 19.8. The summed E-state index contributed by atoms with van der Waals surface area (Å²) in [6, 6.07) is 21.9. The van der Waals surface area contributed by atoms with Crippen molar-refractivity contribution in [3.8, 4) is 11.5 Å². The number of hydrogen-bond acceptors (Lipinski definition) is 8. The lowest BCUT2D eigenvalue weighted by molar-refractivity contribution is 0.0829.